The maximum absolute atomic E-state index is 8.70. The summed E-state index contributed by atoms with van der Waals surface area (Å²) in [7, 11) is 0. The van der Waals surface area contributed by atoms with E-state index in [1.54, 1.807) is 48.5 Å². The fourth-order valence-corrected chi connectivity index (χ4v) is 4.59. The van der Waals surface area contributed by atoms with Gasteiger partial charge in [0.15, 0.2) is 0 Å². The maximum atomic E-state index is 8.70. The number of phenolic OH excluding ortho intramolecular Hbond substituents is 2. The minimum Gasteiger partial charge on any atom is -0.508 e. The van der Waals surface area contributed by atoms with Crippen LogP contribution >= 0.6 is 23.2 Å². The molecule has 2 N–H and O–H groups in total. The van der Waals surface area contributed by atoms with Crippen molar-refractivity contribution in [3.63, 3.8) is 0 Å². The Bertz CT molecular complexity index is 1280. The standard InChI is InChI=1S/C20H20.2C6H5ClO.Zr/c1-2-6-18-12-15(11-17(18)5-1)9-10-16-13-19-7-3-4-8-20(19)14-16;2*7-5-1-3-6(8)4-2-5;/h5-8,11-14H,1-4,9-10H2;2*1-4,8H;/q-2;;;+2. The molecule has 0 amide bonds. The number of benzene rings is 2. The Hall–Kier alpha value is -2.32. The van der Waals surface area contributed by atoms with Crippen LogP contribution in [-0.2, 0) is 39.0 Å². The largest absolute Gasteiger partial charge is 2.00 e. The molecule has 2 aliphatic rings. The van der Waals surface area contributed by atoms with Crippen molar-refractivity contribution in [3.8, 4) is 11.5 Å². The molecule has 0 spiro atoms. The Morgan fingerprint density at radius 2 is 0.919 bits per heavy atom. The van der Waals surface area contributed by atoms with Gasteiger partial charge >= 0.3 is 26.2 Å². The first-order valence-electron chi connectivity index (χ1n) is 12.3. The Morgan fingerprint density at radius 1 is 0.568 bits per heavy atom. The summed E-state index contributed by atoms with van der Waals surface area (Å²) in [5.41, 5.74) is 2.99. The van der Waals surface area contributed by atoms with Crippen LogP contribution in [0.25, 0.3) is 24.3 Å². The van der Waals surface area contributed by atoms with Crippen molar-refractivity contribution in [1.82, 2.24) is 0 Å². The molecule has 4 aromatic rings. The molecule has 0 radical (unpaired) electrons. The van der Waals surface area contributed by atoms with Crippen molar-refractivity contribution < 1.29 is 36.4 Å². The number of aromatic hydroxyl groups is 2. The maximum Gasteiger partial charge on any atom is 2.00 e. The van der Waals surface area contributed by atoms with E-state index >= 15 is 0 Å². The summed E-state index contributed by atoms with van der Waals surface area (Å²) >= 11 is 11.0. The first-order valence-corrected chi connectivity index (χ1v) is 13.0. The number of phenols is 2. The summed E-state index contributed by atoms with van der Waals surface area (Å²) in [5, 5.41) is 24.5. The second kappa shape index (κ2) is 14.6. The van der Waals surface area contributed by atoms with Gasteiger partial charge in [0.1, 0.15) is 11.5 Å². The molecule has 0 aliphatic heterocycles. The minimum atomic E-state index is 0. The summed E-state index contributed by atoms with van der Waals surface area (Å²) in [5.74, 6) is 0.490. The first-order chi connectivity index (χ1) is 17.5. The van der Waals surface area contributed by atoms with E-state index < -0.39 is 0 Å². The Kier molecular flexibility index (Phi) is 11.5. The quantitative estimate of drug-likeness (QED) is 0.293. The zero-order valence-corrected chi connectivity index (χ0v) is 24.6. The van der Waals surface area contributed by atoms with Crippen LogP contribution in [0.3, 0.4) is 0 Å². The van der Waals surface area contributed by atoms with E-state index in [1.807, 2.05) is 0 Å². The molecule has 0 saturated carbocycles. The molecular weight excluding hydrogens is 578 g/mol. The zero-order chi connectivity index (χ0) is 25.3. The summed E-state index contributed by atoms with van der Waals surface area (Å²) in [6, 6.07) is 22.2. The van der Waals surface area contributed by atoms with Crippen LogP contribution in [0.4, 0.5) is 0 Å². The molecule has 2 nitrogen and oxygen atoms in total. The van der Waals surface area contributed by atoms with E-state index in [2.05, 4.69) is 48.6 Å². The van der Waals surface area contributed by atoms with Gasteiger partial charge in [-0.1, -0.05) is 36.0 Å². The second-order valence-corrected chi connectivity index (χ2v) is 9.85. The molecule has 0 atom stereocenters. The van der Waals surface area contributed by atoms with Gasteiger partial charge < -0.3 is 10.2 Å². The van der Waals surface area contributed by atoms with Crippen molar-refractivity contribution in [3.05, 3.63) is 115 Å². The van der Waals surface area contributed by atoms with E-state index in [9.17, 15) is 0 Å². The summed E-state index contributed by atoms with van der Waals surface area (Å²) in [6.07, 6.45) is 16.7. The van der Waals surface area contributed by atoms with Gasteiger partial charge in [-0.3, -0.25) is 0 Å². The first kappa shape index (κ1) is 29.2. The van der Waals surface area contributed by atoms with Crippen LogP contribution in [0.15, 0.2) is 72.8 Å². The van der Waals surface area contributed by atoms with Crippen LogP contribution in [-0.4, -0.2) is 10.2 Å². The molecule has 0 bridgehead atoms. The van der Waals surface area contributed by atoms with Crippen LogP contribution in [0.5, 0.6) is 11.5 Å². The third-order valence-corrected chi connectivity index (χ3v) is 6.68. The zero-order valence-electron chi connectivity index (χ0n) is 20.6. The smallest absolute Gasteiger partial charge is 0.508 e. The van der Waals surface area contributed by atoms with Crippen LogP contribution in [0.2, 0.25) is 10.0 Å². The van der Waals surface area contributed by atoms with Crippen molar-refractivity contribution in [2.45, 2.75) is 38.5 Å². The van der Waals surface area contributed by atoms with Gasteiger partial charge in [0.2, 0.25) is 0 Å². The molecule has 0 unspecified atom stereocenters. The molecule has 5 heteroatoms. The van der Waals surface area contributed by atoms with Crippen molar-refractivity contribution >= 4 is 47.5 Å². The van der Waals surface area contributed by atoms with Gasteiger partial charge in [-0.2, -0.15) is 34.7 Å². The van der Waals surface area contributed by atoms with Gasteiger partial charge in [0, 0.05) is 10.0 Å². The average Bonchev–Trinajstić information content (AvgIpc) is 3.50. The monoisotopic (exact) mass is 606 g/mol. The normalized spacial score (nSPS) is 12.7. The van der Waals surface area contributed by atoms with E-state index in [0.717, 1.165) is 12.8 Å². The number of rotatable bonds is 3. The van der Waals surface area contributed by atoms with Gasteiger partial charge in [0.05, 0.1) is 0 Å². The number of aryl methyl sites for hydroxylation is 2. The van der Waals surface area contributed by atoms with Crippen LogP contribution in [0, 0.1) is 0 Å². The number of hydrogen-bond donors (Lipinski definition) is 2. The summed E-state index contributed by atoms with van der Waals surface area (Å²) in [6.45, 7) is 0. The topological polar surface area (TPSA) is 40.5 Å². The van der Waals surface area contributed by atoms with Gasteiger partial charge in [-0.25, -0.2) is 0 Å². The van der Waals surface area contributed by atoms with E-state index in [0.29, 0.717) is 10.0 Å². The van der Waals surface area contributed by atoms with E-state index in [1.165, 1.54) is 57.7 Å². The molecule has 0 aromatic heterocycles. The molecule has 2 aliphatic carbocycles. The van der Waals surface area contributed by atoms with Crippen molar-refractivity contribution in [1.29, 1.82) is 0 Å². The molecule has 188 valence electrons. The molecule has 0 heterocycles. The second-order valence-electron chi connectivity index (χ2n) is 8.97. The van der Waals surface area contributed by atoms with Crippen molar-refractivity contribution in [2.24, 2.45) is 0 Å². The molecule has 6 rings (SSSR count). The van der Waals surface area contributed by atoms with Gasteiger partial charge in [-0.15, -0.1) is 45.8 Å². The van der Waals surface area contributed by atoms with E-state index in [-0.39, 0.29) is 37.7 Å². The third kappa shape index (κ3) is 9.18. The number of halogens is 2. The van der Waals surface area contributed by atoms with Crippen LogP contribution < -0.4 is 20.9 Å². The van der Waals surface area contributed by atoms with Crippen molar-refractivity contribution in [2.75, 3.05) is 0 Å². The SMILES string of the molecule is C1=c2cc(CCc3cc4c([cH-]3)=CCCC=4)[cH-]c2=CCC1.Oc1ccc(Cl)cc1.Oc1ccc(Cl)cc1.[Zr+2]. The fourth-order valence-electron chi connectivity index (χ4n) is 4.34. The van der Waals surface area contributed by atoms with Gasteiger partial charge in [-0.05, 0) is 74.2 Å². The Balaban J connectivity index is 0.000000186. The Morgan fingerprint density at radius 3 is 1.24 bits per heavy atom. The predicted octanol–water partition coefficient (Wildman–Crippen LogP) is 5.71. The molecule has 4 aromatic carbocycles. The fraction of sp³-hybridized carbons (Fsp3) is 0.188. The average molecular weight is 609 g/mol. The van der Waals surface area contributed by atoms with Crippen LogP contribution in [0.1, 0.15) is 36.8 Å². The molecule has 37 heavy (non-hydrogen) atoms. The Labute approximate surface area is 247 Å². The minimum absolute atomic E-state index is 0. The number of fused-ring (bicyclic) bond motifs is 2. The summed E-state index contributed by atoms with van der Waals surface area (Å²) < 4.78 is 0. The third-order valence-electron chi connectivity index (χ3n) is 6.18. The van der Waals surface area contributed by atoms with Gasteiger partial charge in [0.25, 0.3) is 0 Å². The molecular formula is C32H30Cl2O2Zr. The molecule has 0 saturated heterocycles. The predicted molar refractivity (Wildman–Crippen MR) is 153 cm³/mol. The summed E-state index contributed by atoms with van der Waals surface area (Å²) in [4.78, 5) is 0. The number of hydrogen-bond acceptors (Lipinski definition) is 2. The molecule has 0 fully saturated rings. The van der Waals surface area contributed by atoms with E-state index in [4.69, 9.17) is 33.4 Å².